The molecule has 0 heterocycles. The zero-order valence-corrected chi connectivity index (χ0v) is 22.1. The Labute approximate surface area is 228 Å². The number of amides is 1. The van der Waals surface area contributed by atoms with Crippen molar-refractivity contribution in [3.8, 4) is 23.3 Å². The molecule has 1 unspecified atom stereocenters. The third-order valence-electron chi connectivity index (χ3n) is 5.69. The van der Waals surface area contributed by atoms with Crippen LogP contribution in [0.1, 0.15) is 48.2 Å². The normalized spacial score (nSPS) is 10.8. The van der Waals surface area contributed by atoms with Crippen molar-refractivity contribution in [2.24, 2.45) is 5.92 Å². The van der Waals surface area contributed by atoms with E-state index in [2.05, 4.69) is 23.7 Å². The van der Waals surface area contributed by atoms with Crippen molar-refractivity contribution < 1.29 is 28.6 Å². The van der Waals surface area contributed by atoms with Crippen molar-refractivity contribution >= 4 is 23.5 Å². The van der Waals surface area contributed by atoms with Gasteiger partial charge in [-0.05, 0) is 79.2 Å². The summed E-state index contributed by atoms with van der Waals surface area (Å²) in [6, 6.07) is 20.9. The first-order chi connectivity index (χ1) is 18.9. The van der Waals surface area contributed by atoms with Gasteiger partial charge in [-0.2, -0.15) is 0 Å². The molecule has 0 aliphatic heterocycles. The zero-order chi connectivity index (χ0) is 28.0. The van der Waals surface area contributed by atoms with E-state index in [1.54, 1.807) is 48.5 Å². The van der Waals surface area contributed by atoms with Crippen LogP contribution in [-0.2, 0) is 14.3 Å². The fourth-order valence-electron chi connectivity index (χ4n) is 3.17. The van der Waals surface area contributed by atoms with Gasteiger partial charge in [-0.1, -0.05) is 32.3 Å². The molecule has 0 saturated carbocycles. The Morgan fingerprint density at radius 1 is 0.872 bits per heavy atom. The molecule has 3 rings (SSSR count). The average molecular weight is 526 g/mol. The zero-order valence-electron chi connectivity index (χ0n) is 22.1. The Bertz CT molecular complexity index is 1330. The molecule has 3 aromatic rings. The van der Waals surface area contributed by atoms with Crippen LogP contribution < -0.4 is 14.8 Å². The highest BCUT2D eigenvalue weighted by Crippen LogP contribution is 2.17. The van der Waals surface area contributed by atoms with Crippen LogP contribution in [0.25, 0.3) is 0 Å². The summed E-state index contributed by atoms with van der Waals surface area (Å²) in [6.45, 7) is 7.87. The predicted octanol–water partition coefficient (Wildman–Crippen LogP) is 5.79. The molecule has 7 heteroatoms. The van der Waals surface area contributed by atoms with Crippen LogP contribution in [0.15, 0.2) is 85.5 Å². The molecule has 0 bridgehead atoms. The standard InChI is InChI=1S/C32H31NO6/c1-4-23(3)31(35)33-27-15-13-26(14-16-27)32(36)39-29-19-11-25(12-20-29)8-7-24-9-17-28(18-10-24)37-21-6-22-38-30(34)5-2/h5,9-20,23H,2,4,6,21-22H2,1,3H3,(H,33,35). The van der Waals surface area contributed by atoms with E-state index in [4.69, 9.17) is 14.2 Å². The van der Waals surface area contributed by atoms with Crippen LogP contribution in [0, 0.1) is 17.8 Å². The lowest BCUT2D eigenvalue weighted by atomic mass is 10.1. The summed E-state index contributed by atoms with van der Waals surface area (Å²) < 4.78 is 16.0. The van der Waals surface area contributed by atoms with Gasteiger partial charge >= 0.3 is 11.9 Å². The summed E-state index contributed by atoms with van der Waals surface area (Å²) in [5.74, 6) is 6.20. The first-order valence-corrected chi connectivity index (χ1v) is 12.6. The van der Waals surface area contributed by atoms with Crippen LogP contribution in [0.4, 0.5) is 5.69 Å². The minimum absolute atomic E-state index is 0.0560. The number of carbonyl (C=O) groups excluding carboxylic acids is 3. The Morgan fingerprint density at radius 2 is 1.46 bits per heavy atom. The van der Waals surface area contributed by atoms with Gasteiger partial charge in [0.15, 0.2) is 0 Å². The molecule has 1 atom stereocenters. The van der Waals surface area contributed by atoms with Gasteiger partial charge in [-0.3, -0.25) is 4.79 Å². The second-order valence-electron chi connectivity index (χ2n) is 8.64. The SMILES string of the molecule is C=CC(=O)OCCCOc1ccc(C#Cc2ccc(OC(=O)c3ccc(NC(=O)C(C)CC)cc3)cc2)cc1. The second kappa shape index (κ2) is 14.8. The van der Waals surface area contributed by atoms with Crippen LogP contribution in [-0.4, -0.2) is 31.1 Å². The van der Waals surface area contributed by atoms with Gasteiger partial charge in [0.25, 0.3) is 0 Å². The monoisotopic (exact) mass is 525 g/mol. The minimum atomic E-state index is -0.492. The van der Waals surface area contributed by atoms with Crippen molar-refractivity contribution in [3.63, 3.8) is 0 Å². The lowest BCUT2D eigenvalue weighted by molar-refractivity contribution is -0.138. The van der Waals surface area contributed by atoms with Gasteiger partial charge in [0, 0.05) is 35.2 Å². The van der Waals surface area contributed by atoms with E-state index in [1.165, 1.54) is 0 Å². The number of anilines is 1. The van der Waals surface area contributed by atoms with E-state index in [-0.39, 0.29) is 18.4 Å². The molecule has 0 aliphatic rings. The van der Waals surface area contributed by atoms with Crippen molar-refractivity contribution in [1.82, 2.24) is 0 Å². The van der Waals surface area contributed by atoms with E-state index >= 15 is 0 Å². The van der Waals surface area contributed by atoms with Crippen molar-refractivity contribution in [1.29, 1.82) is 0 Å². The van der Waals surface area contributed by atoms with Gasteiger partial charge in [0.1, 0.15) is 11.5 Å². The van der Waals surface area contributed by atoms with Crippen molar-refractivity contribution in [2.45, 2.75) is 26.7 Å². The molecule has 0 radical (unpaired) electrons. The van der Waals surface area contributed by atoms with Crippen molar-refractivity contribution in [2.75, 3.05) is 18.5 Å². The third-order valence-corrected chi connectivity index (χ3v) is 5.69. The summed E-state index contributed by atoms with van der Waals surface area (Å²) in [7, 11) is 0. The van der Waals surface area contributed by atoms with E-state index in [1.807, 2.05) is 38.1 Å². The summed E-state index contributed by atoms with van der Waals surface area (Å²) in [4.78, 5) is 35.5. The highest BCUT2D eigenvalue weighted by Gasteiger charge is 2.12. The number of benzene rings is 3. The molecule has 39 heavy (non-hydrogen) atoms. The lowest BCUT2D eigenvalue weighted by Crippen LogP contribution is -2.19. The molecule has 0 spiro atoms. The number of hydrogen-bond acceptors (Lipinski definition) is 6. The maximum atomic E-state index is 12.5. The van der Waals surface area contributed by atoms with E-state index in [0.29, 0.717) is 35.8 Å². The predicted molar refractivity (Wildman–Crippen MR) is 150 cm³/mol. The summed E-state index contributed by atoms with van der Waals surface area (Å²) in [5, 5.41) is 2.83. The fourth-order valence-corrected chi connectivity index (χ4v) is 3.17. The summed E-state index contributed by atoms with van der Waals surface area (Å²) in [5.41, 5.74) is 2.60. The largest absolute Gasteiger partial charge is 0.493 e. The number of carbonyl (C=O) groups is 3. The topological polar surface area (TPSA) is 90.9 Å². The Hall–Kier alpha value is -4.83. The number of nitrogens with one attached hydrogen (secondary N) is 1. The molecule has 1 N–H and O–H groups in total. The Balaban J connectivity index is 1.47. The molecule has 0 aliphatic carbocycles. The highest BCUT2D eigenvalue weighted by molar-refractivity contribution is 5.94. The van der Waals surface area contributed by atoms with Crippen molar-refractivity contribution in [3.05, 3.63) is 102 Å². The number of rotatable bonds is 11. The minimum Gasteiger partial charge on any atom is -0.493 e. The van der Waals surface area contributed by atoms with E-state index in [9.17, 15) is 14.4 Å². The Kier molecular flexibility index (Phi) is 10.9. The van der Waals surface area contributed by atoms with Crippen LogP contribution in [0.2, 0.25) is 0 Å². The second-order valence-corrected chi connectivity index (χ2v) is 8.64. The molecule has 200 valence electrons. The smallest absolute Gasteiger partial charge is 0.343 e. The van der Waals surface area contributed by atoms with Gasteiger partial charge < -0.3 is 19.5 Å². The first-order valence-electron chi connectivity index (χ1n) is 12.6. The summed E-state index contributed by atoms with van der Waals surface area (Å²) >= 11 is 0. The molecule has 7 nitrogen and oxygen atoms in total. The van der Waals surface area contributed by atoms with E-state index < -0.39 is 11.9 Å². The molecular weight excluding hydrogens is 494 g/mol. The van der Waals surface area contributed by atoms with Gasteiger partial charge in [0.05, 0.1) is 18.8 Å². The summed E-state index contributed by atoms with van der Waals surface area (Å²) in [6.07, 6.45) is 2.46. The molecule has 1 amide bonds. The highest BCUT2D eigenvalue weighted by atomic mass is 16.5. The number of esters is 2. The molecule has 0 saturated heterocycles. The first kappa shape index (κ1) is 28.7. The number of ether oxygens (including phenoxy) is 3. The maximum absolute atomic E-state index is 12.5. The fraction of sp³-hybridized carbons (Fsp3) is 0.219. The molecule has 3 aromatic carbocycles. The lowest BCUT2D eigenvalue weighted by Gasteiger charge is -2.10. The van der Waals surface area contributed by atoms with Crippen LogP contribution in [0.5, 0.6) is 11.5 Å². The average Bonchev–Trinajstić information content (AvgIpc) is 2.97. The third kappa shape index (κ3) is 9.52. The Morgan fingerprint density at radius 3 is 2.03 bits per heavy atom. The number of hydrogen-bond donors (Lipinski definition) is 1. The van der Waals surface area contributed by atoms with Crippen LogP contribution >= 0.6 is 0 Å². The molecule has 0 aromatic heterocycles. The van der Waals surface area contributed by atoms with Crippen LogP contribution in [0.3, 0.4) is 0 Å². The quantitative estimate of drug-likeness (QED) is 0.112. The van der Waals surface area contributed by atoms with Gasteiger partial charge in [-0.25, -0.2) is 9.59 Å². The van der Waals surface area contributed by atoms with Gasteiger partial charge in [-0.15, -0.1) is 0 Å². The van der Waals surface area contributed by atoms with Gasteiger partial charge in [0.2, 0.25) is 5.91 Å². The van der Waals surface area contributed by atoms with E-state index in [0.717, 1.165) is 23.6 Å². The maximum Gasteiger partial charge on any atom is 0.343 e. The molecule has 0 fully saturated rings. The molecular formula is C32H31NO6.